The van der Waals surface area contributed by atoms with Crippen LogP contribution in [0.5, 0.6) is 0 Å². The summed E-state index contributed by atoms with van der Waals surface area (Å²) in [6, 6.07) is 8.65. The van der Waals surface area contributed by atoms with Gasteiger partial charge in [0, 0.05) is 38.0 Å². The van der Waals surface area contributed by atoms with E-state index in [0.717, 1.165) is 11.3 Å². The molecule has 0 atom stereocenters. The standard InChI is InChI=1S/C21H25N5O4/c1-3-8-25(21(28)29)17-6-4-5-16(12-17)13-19-20(27)7-9-26(23-19)18-14-22-24(15-18)10-11-30-2/h4-7,9,12,14-15H,3,8,10-11,13H2,1-2H3,(H,28,29). The van der Waals surface area contributed by atoms with Gasteiger partial charge in [0.2, 0.25) is 5.43 Å². The van der Waals surface area contributed by atoms with Crippen molar-refractivity contribution in [2.45, 2.75) is 26.3 Å². The van der Waals surface area contributed by atoms with Gasteiger partial charge < -0.3 is 9.84 Å². The third-order valence-corrected chi connectivity index (χ3v) is 4.56. The Morgan fingerprint density at radius 1 is 1.30 bits per heavy atom. The van der Waals surface area contributed by atoms with Crippen LogP contribution >= 0.6 is 0 Å². The SMILES string of the molecule is CCCN(C(=O)O)c1cccc(Cc2nn(-c3cnn(CCOC)c3)ccc2=O)c1. The first-order valence-electron chi connectivity index (χ1n) is 9.72. The number of carboxylic acid groups (broad SMARTS) is 1. The van der Waals surface area contributed by atoms with Gasteiger partial charge in [-0.3, -0.25) is 14.4 Å². The summed E-state index contributed by atoms with van der Waals surface area (Å²) in [5.41, 5.74) is 2.33. The van der Waals surface area contributed by atoms with Crippen LogP contribution in [0.1, 0.15) is 24.6 Å². The summed E-state index contributed by atoms with van der Waals surface area (Å²) in [5.74, 6) is 0. The second kappa shape index (κ2) is 9.84. The Hall–Kier alpha value is -3.46. The Labute approximate surface area is 174 Å². The molecule has 2 heterocycles. The molecule has 9 heteroatoms. The molecule has 30 heavy (non-hydrogen) atoms. The number of ether oxygens (including phenoxy) is 1. The van der Waals surface area contributed by atoms with Gasteiger partial charge in [-0.25, -0.2) is 9.48 Å². The Balaban J connectivity index is 1.84. The van der Waals surface area contributed by atoms with Gasteiger partial charge in [0.15, 0.2) is 0 Å². The van der Waals surface area contributed by atoms with E-state index in [9.17, 15) is 14.7 Å². The maximum absolute atomic E-state index is 12.4. The second-order valence-electron chi connectivity index (χ2n) is 6.81. The topological polar surface area (TPSA) is 102 Å². The molecule has 0 unspecified atom stereocenters. The summed E-state index contributed by atoms with van der Waals surface area (Å²) in [4.78, 5) is 25.2. The molecule has 9 nitrogen and oxygen atoms in total. The Morgan fingerprint density at radius 2 is 2.13 bits per heavy atom. The number of anilines is 1. The number of methoxy groups -OCH3 is 1. The minimum absolute atomic E-state index is 0.174. The molecule has 158 valence electrons. The number of hydrogen-bond acceptors (Lipinski definition) is 5. The minimum atomic E-state index is -1.00. The Kier molecular flexibility index (Phi) is 6.97. The molecule has 0 fully saturated rings. The van der Waals surface area contributed by atoms with Crippen LogP contribution < -0.4 is 10.3 Å². The molecule has 0 radical (unpaired) electrons. The zero-order valence-corrected chi connectivity index (χ0v) is 17.1. The predicted molar refractivity (Wildman–Crippen MR) is 112 cm³/mol. The lowest BCUT2D eigenvalue weighted by Crippen LogP contribution is -2.29. The smallest absolute Gasteiger partial charge is 0.411 e. The number of aromatic nitrogens is 4. The van der Waals surface area contributed by atoms with Crippen LogP contribution in [0.25, 0.3) is 5.69 Å². The summed E-state index contributed by atoms with van der Waals surface area (Å²) in [7, 11) is 1.63. The first-order chi connectivity index (χ1) is 14.5. The van der Waals surface area contributed by atoms with E-state index < -0.39 is 6.09 Å². The predicted octanol–water partition coefficient (Wildman–Crippen LogP) is 2.56. The molecule has 3 rings (SSSR count). The minimum Gasteiger partial charge on any atom is -0.465 e. The lowest BCUT2D eigenvalue weighted by atomic mass is 10.1. The summed E-state index contributed by atoms with van der Waals surface area (Å²) < 4.78 is 8.41. The van der Waals surface area contributed by atoms with Gasteiger partial charge in [-0.1, -0.05) is 19.1 Å². The normalized spacial score (nSPS) is 10.9. The average Bonchev–Trinajstić information content (AvgIpc) is 3.21. The fourth-order valence-corrected chi connectivity index (χ4v) is 3.08. The van der Waals surface area contributed by atoms with Crippen molar-refractivity contribution in [1.82, 2.24) is 19.6 Å². The van der Waals surface area contributed by atoms with Gasteiger partial charge in [-0.15, -0.1) is 0 Å². The molecule has 0 bridgehead atoms. The van der Waals surface area contributed by atoms with E-state index in [1.807, 2.05) is 19.2 Å². The molecular formula is C21H25N5O4. The van der Waals surface area contributed by atoms with Gasteiger partial charge in [0.1, 0.15) is 11.4 Å². The molecule has 1 N–H and O–H groups in total. The molecule has 0 saturated heterocycles. The highest BCUT2D eigenvalue weighted by Crippen LogP contribution is 2.18. The van der Waals surface area contributed by atoms with Crippen LogP contribution in [0.2, 0.25) is 0 Å². The molecule has 0 spiro atoms. The van der Waals surface area contributed by atoms with E-state index in [4.69, 9.17) is 4.74 Å². The van der Waals surface area contributed by atoms with Crippen molar-refractivity contribution in [3.05, 3.63) is 70.4 Å². The van der Waals surface area contributed by atoms with Crippen molar-refractivity contribution >= 4 is 11.8 Å². The van der Waals surface area contributed by atoms with Gasteiger partial charge in [-0.05, 0) is 24.1 Å². The van der Waals surface area contributed by atoms with Crippen molar-refractivity contribution in [3.8, 4) is 5.69 Å². The third kappa shape index (κ3) is 5.12. The van der Waals surface area contributed by atoms with Crippen LogP contribution in [0.15, 0.2) is 53.7 Å². The first-order valence-corrected chi connectivity index (χ1v) is 9.72. The molecular weight excluding hydrogens is 386 g/mol. The average molecular weight is 411 g/mol. The van der Waals surface area contributed by atoms with Crippen molar-refractivity contribution in [3.63, 3.8) is 0 Å². The number of hydrogen-bond donors (Lipinski definition) is 1. The lowest BCUT2D eigenvalue weighted by Gasteiger charge is -2.19. The van der Waals surface area contributed by atoms with E-state index in [1.54, 1.807) is 47.1 Å². The van der Waals surface area contributed by atoms with Crippen LogP contribution in [0.3, 0.4) is 0 Å². The zero-order chi connectivity index (χ0) is 21.5. The summed E-state index contributed by atoms with van der Waals surface area (Å²) in [6.45, 7) is 3.50. The zero-order valence-electron chi connectivity index (χ0n) is 17.1. The molecule has 0 saturated carbocycles. The molecule has 0 aliphatic carbocycles. The van der Waals surface area contributed by atoms with E-state index in [2.05, 4.69) is 10.2 Å². The number of benzene rings is 1. The number of rotatable bonds is 9. The van der Waals surface area contributed by atoms with Gasteiger partial charge >= 0.3 is 6.09 Å². The number of amides is 1. The van der Waals surface area contributed by atoms with Crippen molar-refractivity contribution in [1.29, 1.82) is 0 Å². The van der Waals surface area contributed by atoms with Crippen LogP contribution in [-0.4, -0.2) is 51.0 Å². The Bertz CT molecular complexity index is 1060. The van der Waals surface area contributed by atoms with Gasteiger partial charge in [-0.2, -0.15) is 10.2 Å². The highest BCUT2D eigenvalue weighted by Gasteiger charge is 2.14. The second-order valence-corrected chi connectivity index (χ2v) is 6.81. The van der Waals surface area contributed by atoms with Crippen LogP contribution in [0.4, 0.5) is 10.5 Å². The van der Waals surface area contributed by atoms with Crippen molar-refractivity contribution in [2.24, 2.45) is 0 Å². The van der Waals surface area contributed by atoms with Crippen LogP contribution in [0, 0.1) is 0 Å². The fourth-order valence-electron chi connectivity index (χ4n) is 3.08. The Morgan fingerprint density at radius 3 is 2.87 bits per heavy atom. The lowest BCUT2D eigenvalue weighted by molar-refractivity contribution is 0.183. The highest BCUT2D eigenvalue weighted by molar-refractivity contribution is 5.86. The van der Waals surface area contributed by atoms with Gasteiger partial charge in [0.25, 0.3) is 0 Å². The first kappa shape index (κ1) is 21.3. The molecule has 3 aromatic rings. The molecule has 1 amide bonds. The molecule has 0 aliphatic heterocycles. The maximum Gasteiger partial charge on any atom is 0.411 e. The fraction of sp³-hybridized carbons (Fsp3) is 0.333. The monoisotopic (exact) mass is 411 g/mol. The van der Waals surface area contributed by atoms with Crippen LogP contribution in [-0.2, 0) is 17.7 Å². The largest absolute Gasteiger partial charge is 0.465 e. The maximum atomic E-state index is 12.4. The van der Waals surface area contributed by atoms with E-state index >= 15 is 0 Å². The quantitative estimate of drug-likeness (QED) is 0.581. The van der Waals surface area contributed by atoms with Gasteiger partial charge in [0.05, 0.1) is 25.5 Å². The summed E-state index contributed by atoms with van der Waals surface area (Å²) >= 11 is 0. The van der Waals surface area contributed by atoms with E-state index in [1.165, 1.54) is 11.0 Å². The summed E-state index contributed by atoms with van der Waals surface area (Å²) in [6.07, 6.45) is 5.11. The molecule has 0 aliphatic rings. The summed E-state index contributed by atoms with van der Waals surface area (Å²) in [5, 5.41) is 18.2. The molecule has 1 aromatic carbocycles. The van der Waals surface area contributed by atoms with Crippen molar-refractivity contribution < 1.29 is 14.6 Å². The number of nitrogens with zero attached hydrogens (tertiary/aromatic N) is 5. The van der Waals surface area contributed by atoms with E-state index in [0.29, 0.717) is 43.9 Å². The molecule has 2 aromatic heterocycles. The van der Waals surface area contributed by atoms with E-state index in [-0.39, 0.29) is 5.43 Å². The highest BCUT2D eigenvalue weighted by atomic mass is 16.5. The number of carbonyl (C=O) groups is 1. The third-order valence-electron chi connectivity index (χ3n) is 4.56. The van der Waals surface area contributed by atoms with Crippen molar-refractivity contribution in [2.75, 3.05) is 25.2 Å².